The van der Waals surface area contributed by atoms with Crippen LogP contribution in [0.5, 0.6) is 0 Å². The molecule has 0 amide bonds. The van der Waals surface area contributed by atoms with Crippen molar-refractivity contribution in [2.75, 3.05) is 13.7 Å². The minimum atomic E-state index is -0.199. The lowest BCUT2D eigenvalue weighted by Gasteiger charge is -2.32. The van der Waals surface area contributed by atoms with Crippen molar-refractivity contribution in [1.82, 2.24) is 15.1 Å². The van der Waals surface area contributed by atoms with E-state index in [0.29, 0.717) is 5.92 Å². The lowest BCUT2D eigenvalue weighted by molar-refractivity contribution is 0.125. The Morgan fingerprint density at radius 3 is 2.41 bits per heavy atom. The van der Waals surface area contributed by atoms with Gasteiger partial charge in [-0.05, 0) is 52.1 Å². The first kappa shape index (κ1) is 12.6. The molecule has 0 radical (unpaired) electrons. The van der Waals surface area contributed by atoms with Crippen molar-refractivity contribution in [3.8, 4) is 0 Å². The smallest absolute Gasteiger partial charge is 0.0638 e. The third-order valence-corrected chi connectivity index (χ3v) is 4.31. The standard InChI is InChI=1S/C13H23N3O/c1-9-10(2)15-16(11(9)3)7-13(8-17,14-4)12-5-6-12/h12,14,17H,5-8H2,1-4H3. The molecular formula is C13H23N3O. The first-order valence-electron chi connectivity index (χ1n) is 6.34. The highest BCUT2D eigenvalue weighted by atomic mass is 16.3. The molecule has 4 heteroatoms. The van der Waals surface area contributed by atoms with Gasteiger partial charge in [0.2, 0.25) is 0 Å². The quantitative estimate of drug-likeness (QED) is 0.808. The summed E-state index contributed by atoms with van der Waals surface area (Å²) in [6, 6.07) is 0. The molecule has 0 bridgehead atoms. The molecule has 1 atom stereocenters. The maximum atomic E-state index is 9.71. The Bertz CT molecular complexity index is 403. The molecule has 2 N–H and O–H groups in total. The van der Waals surface area contributed by atoms with Gasteiger partial charge in [0.1, 0.15) is 0 Å². The van der Waals surface area contributed by atoms with Crippen LogP contribution in [0.1, 0.15) is 29.8 Å². The summed E-state index contributed by atoms with van der Waals surface area (Å²) >= 11 is 0. The van der Waals surface area contributed by atoms with Gasteiger partial charge < -0.3 is 10.4 Å². The number of aliphatic hydroxyl groups is 1. The van der Waals surface area contributed by atoms with Gasteiger partial charge >= 0.3 is 0 Å². The maximum Gasteiger partial charge on any atom is 0.0638 e. The van der Waals surface area contributed by atoms with Gasteiger partial charge in [-0.15, -0.1) is 0 Å². The average Bonchev–Trinajstić information content (AvgIpc) is 3.14. The van der Waals surface area contributed by atoms with Crippen molar-refractivity contribution in [3.63, 3.8) is 0 Å². The van der Waals surface area contributed by atoms with E-state index in [1.54, 1.807) is 0 Å². The molecule has 2 rings (SSSR count). The second-order valence-electron chi connectivity index (χ2n) is 5.29. The van der Waals surface area contributed by atoms with Crippen LogP contribution in [0.4, 0.5) is 0 Å². The maximum absolute atomic E-state index is 9.71. The molecule has 1 heterocycles. The van der Waals surface area contributed by atoms with E-state index in [1.165, 1.54) is 24.1 Å². The van der Waals surface area contributed by atoms with Crippen LogP contribution in [0.15, 0.2) is 0 Å². The number of nitrogens with zero attached hydrogens (tertiary/aromatic N) is 2. The van der Waals surface area contributed by atoms with Crippen LogP contribution in [0.25, 0.3) is 0 Å². The molecule has 1 aromatic rings. The number of hydrogen-bond acceptors (Lipinski definition) is 3. The zero-order chi connectivity index (χ0) is 12.6. The van der Waals surface area contributed by atoms with Gasteiger partial charge in [0.05, 0.1) is 24.4 Å². The molecule has 1 saturated carbocycles. The molecule has 0 saturated heterocycles. The Morgan fingerprint density at radius 2 is 2.06 bits per heavy atom. The second kappa shape index (κ2) is 4.42. The van der Waals surface area contributed by atoms with Crippen molar-refractivity contribution in [2.45, 2.75) is 45.7 Å². The molecule has 0 spiro atoms. The predicted molar refractivity (Wildman–Crippen MR) is 68.0 cm³/mol. The molecule has 17 heavy (non-hydrogen) atoms. The van der Waals surface area contributed by atoms with E-state index in [-0.39, 0.29) is 12.1 Å². The van der Waals surface area contributed by atoms with E-state index in [1.807, 2.05) is 18.7 Å². The van der Waals surface area contributed by atoms with Crippen LogP contribution in [0, 0.1) is 26.7 Å². The number of rotatable bonds is 5. The third kappa shape index (κ3) is 2.11. The van der Waals surface area contributed by atoms with Crippen LogP contribution in [-0.4, -0.2) is 34.1 Å². The average molecular weight is 237 g/mol. The van der Waals surface area contributed by atoms with Crippen molar-refractivity contribution in [3.05, 3.63) is 17.0 Å². The molecule has 1 fully saturated rings. The van der Waals surface area contributed by atoms with Crippen LogP contribution >= 0.6 is 0 Å². The summed E-state index contributed by atoms with van der Waals surface area (Å²) in [6.45, 7) is 7.16. The molecule has 0 aromatic carbocycles. The largest absolute Gasteiger partial charge is 0.394 e. The summed E-state index contributed by atoms with van der Waals surface area (Å²) in [5, 5.41) is 17.6. The lowest BCUT2D eigenvalue weighted by Crippen LogP contribution is -2.52. The summed E-state index contributed by atoms with van der Waals surface area (Å²) in [7, 11) is 1.94. The van der Waals surface area contributed by atoms with Gasteiger partial charge in [0.15, 0.2) is 0 Å². The van der Waals surface area contributed by atoms with Crippen molar-refractivity contribution < 1.29 is 5.11 Å². The van der Waals surface area contributed by atoms with Gasteiger partial charge in [-0.3, -0.25) is 4.68 Å². The molecular weight excluding hydrogens is 214 g/mol. The van der Waals surface area contributed by atoms with Crippen molar-refractivity contribution in [2.24, 2.45) is 5.92 Å². The van der Waals surface area contributed by atoms with Crippen LogP contribution in [-0.2, 0) is 6.54 Å². The number of likely N-dealkylation sites (N-methyl/N-ethyl adjacent to an activating group) is 1. The molecule has 4 nitrogen and oxygen atoms in total. The van der Waals surface area contributed by atoms with Crippen molar-refractivity contribution >= 4 is 0 Å². The number of aliphatic hydroxyl groups excluding tert-OH is 1. The molecule has 1 aromatic heterocycles. The SMILES string of the molecule is CNC(CO)(Cn1nc(C)c(C)c1C)C1CC1. The van der Waals surface area contributed by atoms with Gasteiger partial charge in [0.25, 0.3) is 0 Å². The molecule has 1 aliphatic carbocycles. The Hall–Kier alpha value is -0.870. The number of aryl methyl sites for hydroxylation is 1. The Morgan fingerprint density at radius 1 is 1.41 bits per heavy atom. The van der Waals surface area contributed by atoms with Gasteiger partial charge in [-0.1, -0.05) is 0 Å². The van der Waals surface area contributed by atoms with E-state index in [0.717, 1.165) is 12.2 Å². The summed E-state index contributed by atoms with van der Waals surface area (Å²) in [6.07, 6.45) is 2.42. The predicted octanol–water partition coefficient (Wildman–Crippen LogP) is 1.17. The fraction of sp³-hybridized carbons (Fsp3) is 0.769. The van der Waals surface area contributed by atoms with Crippen LogP contribution < -0.4 is 5.32 Å². The normalized spacial score (nSPS) is 19.4. The van der Waals surface area contributed by atoms with Crippen molar-refractivity contribution in [1.29, 1.82) is 0 Å². The second-order valence-corrected chi connectivity index (χ2v) is 5.29. The van der Waals surface area contributed by atoms with Gasteiger partial charge in [-0.2, -0.15) is 5.10 Å². The van der Waals surface area contributed by atoms with Crippen LogP contribution in [0.3, 0.4) is 0 Å². The summed E-state index contributed by atoms with van der Waals surface area (Å²) in [4.78, 5) is 0. The van der Waals surface area contributed by atoms with E-state index in [2.05, 4.69) is 24.3 Å². The lowest BCUT2D eigenvalue weighted by atomic mass is 9.94. The highest BCUT2D eigenvalue weighted by Crippen LogP contribution is 2.40. The molecule has 0 aliphatic heterocycles. The van der Waals surface area contributed by atoms with Crippen LogP contribution in [0.2, 0.25) is 0 Å². The number of aromatic nitrogens is 2. The minimum Gasteiger partial charge on any atom is -0.394 e. The first-order chi connectivity index (χ1) is 8.04. The molecule has 1 unspecified atom stereocenters. The highest BCUT2D eigenvalue weighted by Gasteiger charge is 2.44. The topological polar surface area (TPSA) is 50.1 Å². The first-order valence-corrected chi connectivity index (χ1v) is 6.34. The summed E-state index contributed by atoms with van der Waals surface area (Å²) in [5.41, 5.74) is 3.34. The Kier molecular flexibility index (Phi) is 3.27. The fourth-order valence-electron chi connectivity index (χ4n) is 2.51. The molecule has 1 aliphatic rings. The summed E-state index contributed by atoms with van der Waals surface area (Å²) < 4.78 is 2.04. The number of hydrogen-bond donors (Lipinski definition) is 2. The van der Waals surface area contributed by atoms with E-state index in [9.17, 15) is 5.11 Å². The summed E-state index contributed by atoms with van der Waals surface area (Å²) in [5.74, 6) is 0.585. The highest BCUT2D eigenvalue weighted by molar-refractivity contribution is 5.22. The monoisotopic (exact) mass is 237 g/mol. The van der Waals surface area contributed by atoms with Gasteiger partial charge in [-0.25, -0.2) is 0 Å². The molecule has 96 valence electrons. The fourth-order valence-corrected chi connectivity index (χ4v) is 2.51. The third-order valence-electron chi connectivity index (χ3n) is 4.31. The van der Waals surface area contributed by atoms with E-state index < -0.39 is 0 Å². The Balaban J connectivity index is 2.25. The van der Waals surface area contributed by atoms with E-state index >= 15 is 0 Å². The number of nitrogens with one attached hydrogen (secondary N) is 1. The zero-order valence-corrected chi connectivity index (χ0v) is 11.2. The van der Waals surface area contributed by atoms with Gasteiger partial charge in [0, 0.05) is 5.69 Å². The van der Waals surface area contributed by atoms with E-state index in [4.69, 9.17) is 0 Å². The zero-order valence-electron chi connectivity index (χ0n) is 11.2. The Labute approximate surface area is 103 Å². The minimum absolute atomic E-state index is 0.172.